The minimum Gasteiger partial charge on any atom is -0.310 e. The van der Waals surface area contributed by atoms with Crippen LogP contribution in [0.5, 0.6) is 0 Å². The fourth-order valence-electron chi connectivity index (χ4n) is 2.31. The molecule has 2 heterocycles. The lowest BCUT2D eigenvalue weighted by Crippen LogP contribution is -2.16. The van der Waals surface area contributed by atoms with E-state index in [1.807, 2.05) is 61.9 Å². The van der Waals surface area contributed by atoms with Crippen LogP contribution in [0.1, 0.15) is 11.1 Å². The number of aryl methyl sites for hydroxylation is 2. The Bertz CT molecular complexity index is 889. The van der Waals surface area contributed by atoms with Crippen LogP contribution in [-0.4, -0.2) is 31.4 Å². The number of anilines is 1. The Labute approximate surface area is 150 Å². The number of benzene rings is 1. The molecule has 128 valence electrons. The molecule has 3 aromatic rings. The highest BCUT2D eigenvalue weighted by Gasteiger charge is 2.13. The second-order valence-electron chi connectivity index (χ2n) is 5.74. The van der Waals surface area contributed by atoms with Crippen LogP contribution in [0.25, 0.3) is 11.4 Å². The van der Waals surface area contributed by atoms with Gasteiger partial charge < -0.3 is 9.88 Å². The van der Waals surface area contributed by atoms with E-state index in [-0.39, 0.29) is 11.7 Å². The van der Waals surface area contributed by atoms with E-state index in [1.165, 1.54) is 17.3 Å². The average Bonchev–Trinajstić information content (AvgIpc) is 2.97. The number of carbonyl (C=O) groups excluding carboxylic acids is 1. The Morgan fingerprint density at radius 1 is 1.16 bits per heavy atom. The first kappa shape index (κ1) is 17.2. The van der Waals surface area contributed by atoms with Gasteiger partial charge in [0.15, 0.2) is 11.0 Å². The summed E-state index contributed by atoms with van der Waals surface area (Å²) in [6.45, 7) is 3.95. The van der Waals surface area contributed by atoms with E-state index in [1.54, 1.807) is 6.20 Å². The topological polar surface area (TPSA) is 72.7 Å². The Morgan fingerprint density at radius 3 is 2.64 bits per heavy atom. The third kappa shape index (κ3) is 4.06. The fraction of sp³-hybridized carbons (Fsp3) is 0.222. The van der Waals surface area contributed by atoms with Crippen molar-refractivity contribution in [3.8, 4) is 11.4 Å². The van der Waals surface area contributed by atoms with Gasteiger partial charge in [0.05, 0.1) is 5.75 Å². The second kappa shape index (κ2) is 7.48. The molecule has 0 aliphatic carbocycles. The van der Waals surface area contributed by atoms with E-state index < -0.39 is 0 Å². The van der Waals surface area contributed by atoms with Crippen LogP contribution >= 0.6 is 11.8 Å². The van der Waals surface area contributed by atoms with Crippen LogP contribution < -0.4 is 5.32 Å². The average molecular weight is 353 g/mol. The van der Waals surface area contributed by atoms with Gasteiger partial charge in [0.2, 0.25) is 5.91 Å². The predicted molar refractivity (Wildman–Crippen MR) is 99.5 cm³/mol. The summed E-state index contributed by atoms with van der Waals surface area (Å²) in [5, 5.41) is 11.9. The van der Waals surface area contributed by atoms with Crippen molar-refractivity contribution in [2.24, 2.45) is 7.05 Å². The normalized spacial score (nSPS) is 10.7. The van der Waals surface area contributed by atoms with E-state index >= 15 is 0 Å². The highest BCUT2D eigenvalue weighted by Crippen LogP contribution is 2.23. The third-order valence-electron chi connectivity index (χ3n) is 3.74. The maximum atomic E-state index is 12.1. The van der Waals surface area contributed by atoms with E-state index in [2.05, 4.69) is 20.5 Å². The first-order chi connectivity index (χ1) is 12.0. The Morgan fingerprint density at radius 2 is 1.92 bits per heavy atom. The molecule has 6 nitrogen and oxygen atoms in total. The van der Waals surface area contributed by atoms with Crippen molar-refractivity contribution in [2.75, 3.05) is 11.1 Å². The molecule has 2 aromatic heterocycles. The zero-order valence-corrected chi connectivity index (χ0v) is 15.2. The second-order valence-corrected chi connectivity index (χ2v) is 6.68. The van der Waals surface area contributed by atoms with Crippen LogP contribution in [0, 0.1) is 13.8 Å². The van der Waals surface area contributed by atoms with Crippen molar-refractivity contribution in [1.82, 2.24) is 19.7 Å². The zero-order chi connectivity index (χ0) is 17.8. The molecule has 0 aliphatic rings. The van der Waals surface area contributed by atoms with E-state index in [0.29, 0.717) is 11.0 Å². The number of nitrogens with one attached hydrogen (secondary N) is 1. The molecule has 0 saturated carbocycles. The number of amides is 1. The van der Waals surface area contributed by atoms with Gasteiger partial charge in [0.1, 0.15) is 5.82 Å². The Balaban J connectivity index is 1.65. The summed E-state index contributed by atoms with van der Waals surface area (Å²) in [7, 11) is 1.90. The molecular formula is C18H19N5OS. The molecule has 1 aromatic carbocycles. The molecule has 3 rings (SSSR count). The maximum Gasteiger partial charge on any atom is 0.236 e. The smallest absolute Gasteiger partial charge is 0.236 e. The van der Waals surface area contributed by atoms with E-state index in [4.69, 9.17) is 0 Å². The molecule has 1 N–H and O–H groups in total. The molecule has 0 bridgehead atoms. The van der Waals surface area contributed by atoms with Crippen molar-refractivity contribution < 1.29 is 4.79 Å². The molecule has 0 spiro atoms. The monoisotopic (exact) mass is 353 g/mol. The van der Waals surface area contributed by atoms with Crippen molar-refractivity contribution in [2.45, 2.75) is 19.0 Å². The van der Waals surface area contributed by atoms with Gasteiger partial charge in [0, 0.05) is 18.8 Å². The summed E-state index contributed by atoms with van der Waals surface area (Å²) in [5.41, 5.74) is 3.13. The molecule has 0 atom stereocenters. The quantitative estimate of drug-likeness (QED) is 0.713. The lowest BCUT2D eigenvalue weighted by Gasteiger charge is -2.07. The van der Waals surface area contributed by atoms with Gasteiger partial charge in [-0.3, -0.25) is 4.79 Å². The first-order valence-corrected chi connectivity index (χ1v) is 8.84. The van der Waals surface area contributed by atoms with Gasteiger partial charge in [-0.25, -0.2) is 4.98 Å². The van der Waals surface area contributed by atoms with Crippen molar-refractivity contribution in [1.29, 1.82) is 0 Å². The van der Waals surface area contributed by atoms with Gasteiger partial charge in [-0.2, -0.15) is 0 Å². The fourth-order valence-corrected chi connectivity index (χ4v) is 3.02. The number of rotatable bonds is 5. The van der Waals surface area contributed by atoms with Gasteiger partial charge >= 0.3 is 0 Å². The highest BCUT2D eigenvalue weighted by molar-refractivity contribution is 7.99. The number of hydrogen-bond donors (Lipinski definition) is 1. The number of aromatic nitrogens is 4. The van der Waals surface area contributed by atoms with Crippen LogP contribution in [-0.2, 0) is 11.8 Å². The van der Waals surface area contributed by atoms with Crippen LogP contribution in [0.3, 0.4) is 0 Å². The van der Waals surface area contributed by atoms with Gasteiger partial charge in [-0.1, -0.05) is 47.7 Å². The number of nitrogens with zero attached hydrogens (tertiary/aromatic N) is 4. The number of thioether (sulfide) groups is 1. The molecule has 1 amide bonds. The third-order valence-corrected chi connectivity index (χ3v) is 4.76. The summed E-state index contributed by atoms with van der Waals surface area (Å²) >= 11 is 1.35. The summed E-state index contributed by atoms with van der Waals surface area (Å²) in [6.07, 6.45) is 1.66. The number of carbonyl (C=O) groups is 1. The standard InChI is InChI=1S/C18H19N5OS/c1-12-6-8-14(9-7-12)17-21-22-18(23(17)3)25-11-15(24)20-16-13(2)5-4-10-19-16/h4-10H,11H2,1-3H3,(H,19,20,24). The van der Waals surface area contributed by atoms with Crippen LogP contribution in [0.2, 0.25) is 0 Å². The zero-order valence-electron chi connectivity index (χ0n) is 14.4. The van der Waals surface area contributed by atoms with E-state index in [9.17, 15) is 4.79 Å². The van der Waals surface area contributed by atoms with Gasteiger partial charge in [-0.05, 0) is 25.5 Å². The summed E-state index contributed by atoms with van der Waals surface area (Å²) in [5.74, 6) is 1.50. The van der Waals surface area contributed by atoms with Gasteiger partial charge in [-0.15, -0.1) is 10.2 Å². The van der Waals surface area contributed by atoms with Gasteiger partial charge in [0.25, 0.3) is 0 Å². The van der Waals surface area contributed by atoms with E-state index in [0.717, 1.165) is 17.0 Å². The molecular weight excluding hydrogens is 334 g/mol. The minimum absolute atomic E-state index is 0.119. The van der Waals surface area contributed by atoms with Crippen LogP contribution in [0.4, 0.5) is 5.82 Å². The number of pyridine rings is 1. The molecule has 0 fully saturated rings. The predicted octanol–water partition coefficient (Wildman–Crippen LogP) is 3.22. The maximum absolute atomic E-state index is 12.1. The molecule has 0 aliphatic heterocycles. The minimum atomic E-state index is -0.119. The van der Waals surface area contributed by atoms with Crippen molar-refractivity contribution in [3.63, 3.8) is 0 Å². The lowest BCUT2D eigenvalue weighted by atomic mass is 10.1. The lowest BCUT2D eigenvalue weighted by molar-refractivity contribution is -0.113. The molecule has 25 heavy (non-hydrogen) atoms. The molecule has 0 radical (unpaired) electrons. The first-order valence-electron chi connectivity index (χ1n) is 7.85. The van der Waals surface area contributed by atoms with Crippen molar-refractivity contribution in [3.05, 3.63) is 53.7 Å². The highest BCUT2D eigenvalue weighted by atomic mass is 32.2. The Hall–Kier alpha value is -2.67. The van der Waals surface area contributed by atoms with Crippen molar-refractivity contribution >= 4 is 23.5 Å². The molecule has 0 unspecified atom stereocenters. The Kier molecular flexibility index (Phi) is 5.14. The molecule has 7 heteroatoms. The SMILES string of the molecule is Cc1ccc(-c2nnc(SCC(=O)Nc3ncccc3C)n2C)cc1. The molecule has 0 saturated heterocycles. The number of hydrogen-bond acceptors (Lipinski definition) is 5. The summed E-state index contributed by atoms with van der Waals surface area (Å²) < 4.78 is 1.90. The van der Waals surface area contributed by atoms with Crippen LogP contribution in [0.15, 0.2) is 47.8 Å². The largest absolute Gasteiger partial charge is 0.310 e. The summed E-state index contributed by atoms with van der Waals surface area (Å²) in [4.78, 5) is 16.3. The summed E-state index contributed by atoms with van der Waals surface area (Å²) in [6, 6.07) is 11.9.